The Morgan fingerprint density at radius 1 is 0.781 bits per heavy atom. The summed E-state index contributed by atoms with van der Waals surface area (Å²) >= 11 is 0. The van der Waals surface area contributed by atoms with E-state index < -0.39 is 23.8 Å². The van der Waals surface area contributed by atoms with Gasteiger partial charge in [-0.25, -0.2) is 9.97 Å². The average Bonchev–Trinajstić information content (AvgIpc) is 2.76. The van der Waals surface area contributed by atoms with E-state index in [1.807, 2.05) is 20.8 Å². The van der Waals surface area contributed by atoms with Gasteiger partial charge in [0.2, 0.25) is 0 Å². The number of hydrogen-bond donors (Lipinski definition) is 4. The maximum Gasteiger partial charge on any atom is 0.471 e. The Morgan fingerprint density at radius 3 is 1.84 bits per heavy atom. The first-order chi connectivity index (χ1) is 15.1. The highest BCUT2D eigenvalue weighted by Gasteiger charge is 2.38. The summed E-state index contributed by atoms with van der Waals surface area (Å²) in [6, 6.07) is 0. The summed E-state index contributed by atoms with van der Waals surface area (Å²) in [7, 11) is 0. The fourth-order valence-electron chi connectivity index (χ4n) is 2.51. The molecule has 0 radical (unpaired) electrons. The van der Waals surface area contributed by atoms with E-state index in [1.165, 1.54) is 0 Å². The number of amides is 2. The maximum atomic E-state index is 12.7. The third-order valence-electron chi connectivity index (χ3n) is 4.12. The van der Waals surface area contributed by atoms with Crippen LogP contribution in [0.5, 0.6) is 0 Å². The van der Waals surface area contributed by atoms with Crippen LogP contribution in [-0.2, 0) is 4.79 Å². The molecule has 0 spiro atoms. The Morgan fingerprint density at radius 2 is 1.31 bits per heavy atom. The lowest BCUT2D eigenvalue weighted by Gasteiger charge is -2.16. The topological polar surface area (TPSA) is 125 Å². The first kappa shape index (κ1) is 27.1. The van der Waals surface area contributed by atoms with E-state index in [1.54, 1.807) is 5.32 Å². The summed E-state index contributed by atoms with van der Waals surface area (Å²) in [5.74, 6) is -2.64. The molecule has 1 heterocycles. The second kappa shape index (κ2) is 13.5. The Balaban J connectivity index is 3.08. The maximum absolute atomic E-state index is 12.7. The normalized spacial score (nSPS) is 11.1. The zero-order valence-electron chi connectivity index (χ0n) is 18.6. The van der Waals surface area contributed by atoms with Crippen LogP contribution in [0.3, 0.4) is 0 Å². The number of ketones is 1. The van der Waals surface area contributed by atoms with E-state index in [9.17, 15) is 27.6 Å². The molecule has 0 aliphatic rings. The van der Waals surface area contributed by atoms with Crippen molar-refractivity contribution in [3.05, 3.63) is 11.4 Å². The zero-order chi connectivity index (χ0) is 24.1. The fourth-order valence-corrected chi connectivity index (χ4v) is 2.51. The molecule has 0 bridgehead atoms. The van der Waals surface area contributed by atoms with Crippen molar-refractivity contribution < 1.29 is 27.6 Å². The summed E-state index contributed by atoms with van der Waals surface area (Å²) < 4.78 is 36.8. The summed E-state index contributed by atoms with van der Waals surface area (Å²) in [4.78, 5) is 44.8. The summed E-state index contributed by atoms with van der Waals surface area (Å²) in [5.41, 5.74) is 0.0470. The third-order valence-corrected chi connectivity index (χ3v) is 4.12. The van der Waals surface area contributed by atoms with E-state index >= 15 is 0 Å². The van der Waals surface area contributed by atoms with Crippen molar-refractivity contribution in [2.45, 2.75) is 59.1 Å². The molecule has 0 fully saturated rings. The Bertz CT molecular complexity index is 787. The molecule has 4 N–H and O–H groups in total. The lowest BCUT2D eigenvalue weighted by molar-refractivity contribution is -0.173. The van der Waals surface area contributed by atoms with Gasteiger partial charge in [-0.1, -0.05) is 20.8 Å². The van der Waals surface area contributed by atoms with Crippen molar-refractivity contribution >= 4 is 29.2 Å². The van der Waals surface area contributed by atoms with Gasteiger partial charge in [0.05, 0.1) is 0 Å². The minimum Gasteiger partial charge on any atom is -0.368 e. The smallest absolute Gasteiger partial charge is 0.368 e. The number of alkyl halides is 3. The fraction of sp³-hybridized carbons (Fsp3) is 0.650. The van der Waals surface area contributed by atoms with Gasteiger partial charge in [-0.2, -0.15) is 13.2 Å². The van der Waals surface area contributed by atoms with E-state index in [4.69, 9.17) is 0 Å². The third kappa shape index (κ3) is 8.67. The van der Waals surface area contributed by atoms with Crippen LogP contribution in [0.25, 0.3) is 0 Å². The van der Waals surface area contributed by atoms with Crippen molar-refractivity contribution in [3.63, 3.8) is 0 Å². The molecule has 2 amide bonds. The Labute approximate surface area is 185 Å². The molecular formula is C20H31F3N6O3. The molecule has 0 saturated heterocycles. The number of halogens is 3. The number of carbonyl (C=O) groups is 3. The molecule has 180 valence electrons. The molecule has 0 aromatic carbocycles. The molecule has 1 rings (SSSR count). The van der Waals surface area contributed by atoms with Gasteiger partial charge in [-0.3, -0.25) is 14.4 Å². The molecule has 0 aliphatic heterocycles. The van der Waals surface area contributed by atoms with E-state index in [0.717, 1.165) is 19.3 Å². The van der Waals surface area contributed by atoms with Crippen LogP contribution >= 0.6 is 0 Å². The molecule has 0 unspecified atom stereocenters. The summed E-state index contributed by atoms with van der Waals surface area (Å²) in [5, 5.41) is 10.5. The minimum absolute atomic E-state index is 0.00793. The van der Waals surface area contributed by atoms with Crippen LogP contribution in [-0.4, -0.2) is 59.9 Å². The van der Waals surface area contributed by atoms with Crippen LogP contribution in [0, 0.1) is 0 Å². The lowest BCUT2D eigenvalue weighted by Crippen LogP contribution is -2.37. The highest BCUT2D eigenvalue weighted by molar-refractivity contribution is 6.02. The second-order valence-corrected chi connectivity index (χ2v) is 7.01. The van der Waals surface area contributed by atoms with Gasteiger partial charge in [-0.15, -0.1) is 0 Å². The average molecular weight is 461 g/mol. The zero-order valence-corrected chi connectivity index (χ0v) is 18.6. The molecular weight excluding hydrogens is 429 g/mol. The molecule has 0 aliphatic carbocycles. The van der Waals surface area contributed by atoms with Gasteiger partial charge in [0.25, 0.3) is 5.91 Å². The van der Waals surface area contributed by atoms with E-state index in [-0.39, 0.29) is 42.4 Å². The second-order valence-electron chi connectivity index (χ2n) is 7.01. The molecule has 1 aromatic heterocycles. The van der Waals surface area contributed by atoms with Gasteiger partial charge >= 0.3 is 12.1 Å². The number of anilines is 2. The highest BCUT2D eigenvalue weighted by atomic mass is 19.4. The largest absolute Gasteiger partial charge is 0.471 e. The molecule has 12 heteroatoms. The van der Waals surface area contributed by atoms with Crippen molar-refractivity contribution in [1.82, 2.24) is 20.6 Å². The van der Waals surface area contributed by atoms with Gasteiger partial charge in [0.15, 0.2) is 28.8 Å². The standard InChI is InChI=1S/C20H31F3N6O3/c1-4-9-24-16-14(13(30)8-7-12-27-19(32)20(21,22)23)28-17(25-10-5-2)15(29-16)18(31)26-11-6-3/h4-12H2,1-3H3,(H,24,29)(H,25,28)(H,26,31)(H,27,32). The molecule has 0 saturated carbocycles. The van der Waals surface area contributed by atoms with Gasteiger partial charge < -0.3 is 21.3 Å². The van der Waals surface area contributed by atoms with Crippen molar-refractivity contribution in [1.29, 1.82) is 0 Å². The Hall–Kier alpha value is -2.92. The van der Waals surface area contributed by atoms with E-state index in [2.05, 4.69) is 25.9 Å². The molecule has 9 nitrogen and oxygen atoms in total. The van der Waals surface area contributed by atoms with E-state index in [0.29, 0.717) is 19.6 Å². The first-order valence-corrected chi connectivity index (χ1v) is 10.7. The van der Waals surface area contributed by atoms with Crippen molar-refractivity contribution in [2.75, 3.05) is 36.8 Å². The predicted octanol–water partition coefficient (Wildman–Crippen LogP) is 2.90. The van der Waals surface area contributed by atoms with Crippen molar-refractivity contribution in [2.24, 2.45) is 0 Å². The lowest BCUT2D eigenvalue weighted by atomic mass is 10.1. The van der Waals surface area contributed by atoms with Crippen LogP contribution in [0.15, 0.2) is 0 Å². The van der Waals surface area contributed by atoms with Crippen LogP contribution in [0.1, 0.15) is 73.9 Å². The van der Waals surface area contributed by atoms with Crippen molar-refractivity contribution in [3.8, 4) is 0 Å². The SMILES string of the molecule is CCCNC(=O)c1nc(NCCC)c(C(=O)CCCNC(=O)C(F)(F)F)nc1NCCC. The van der Waals surface area contributed by atoms with Gasteiger partial charge in [-0.05, 0) is 25.7 Å². The molecule has 32 heavy (non-hydrogen) atoms. The number of nitrogens with one attached hydrogen (secondary N) is 4. The summed E-state index contributed by atoms with van der Waals surface area (Å²) in [6.07, 6.45) is -2.92. The quantitative estimate of drug-likeness (QED) is 0.248. The number of aromatic nitrogens is 2. The number of carbonyl (C=O) groups excluding carboxylic acids is 3. The number of Topliss-reactive ketones (excluding diaryl/α,β-unsaturated/α-hetero) is 1. The monoisotopic (exact) mass is 460 g/mol. The first-order valence-electron chi connectivity index (χ1n) is 10.7. The number of nitrogens with zero attached hydrogens (tertiary/aromatic N) is 2. The van der Waals surface area contributed by atoms with Crippen LogP contribution in [0.2, 0.25) is 0 Å². The van der Waals surface area contributed by atoms with Gasteiger partial charge in [0, 0.05) is 32.6 Å². The van der Waals surface area contributed by atoms with Gasteiger partial charge in [0.1, 0.15) is 0 Å². The highest BCUT2D eigenvalue weighted by Crippen LogP contribution is 2.21. The number of rotatable bonds is 14. The minimum atomic E-state index is -4.97. The van der Waals surface area contributed by atoms with Crippen LogP contribution in [0.4, 0.5) is 24.8 Å². The van der Waals surface area contributed by atoms with Crippen LogP contribution < -0.4 is 21.3 Å². The molecule has 1 aromatic rings. The summed E-state index contributed by atoms with van der Waals surface area (Å²) in [6.45, 7) is 6.88. The molecule has 0 atom stereocenters. The Kier molecular flexibility index (Phi) is 11.4. The number of hydrogen-bond acceptors (Lipinski definition) is 7. The predicted molar refractivity (Wildman–Crippen MR) is 115 cm³/mol.